The van der Waals surface area contributed by atoms with Crippen molar-refractivity contribution in [3.8, 4) is 5.75 Å². The molecule has 0 unspecified atom stereocenters. The largest absolute Gasteiger partial charge is 0.412 e. The van der Waals surface area contributed by atoms with E-state index in [0.29, 0.717) is 12.2 Å². The van der Waals surface area contributed by atoms with Gasteiger partial charge in [-0.25, -0.2) is 4.79 Å². The lowest BCUT2D eigenvalue weighted by molar-refractivity contribution is -0.148. The molecule has 1 aromatic rings. The average molecular weight is 319 g/mol. The number of rotatable bonds is 3. The smallest absolute Gasteiger partial charge is 0.410 e. The molecule has 1 aromatic carbocycles. The van der Waals surface area contributed by atoms with Crippen molar-refractivity contribution in [2.45, 2.75) is 24.5 Å². The van der Waals surface area contributed by atoms with Crippen LogP contribution in [-0.4, -0.2) is 59.2 Å². The Kier molecular flexibility index (Phi) is 4.16. The number of amides is 3. The first-order valence-corrected chi connectivity index (χ1v) is 7.33. The molecule has 0 radical (unpaired) electrons. The van der Waals surface area contributed by atoms with Crippen molar-refractivity contribution >= 4 is 17.9 Å². The summed E-state index contributed by atoms with van der Waals surface area (Å²) in [7, 11) is 0. The van der Waals surface area contributed by atoms with Gasteiger partial charge in [0.25, 0.3) is 0 Å². The van der Waals surface area contributed by atoms with Gasteiger partial charge in [-0.2, -0.15) is 0 Å². The average Bonchev–Trinajstić information content (AvgIpc) is 2.96. The molecule has 122 valence electrons. The molecule has 3 amide bonds. The number of nitrogens with zero attached hydrogens (tertiary/aromatic N) is 1. The maximum absolute atomic E-state index is 12.1. The van der Waals surface area contributed by atoms with E-state index < -0.39 is 24.8 Å². The van der Waals surface area contributed by atoms with Crippen LogP contribution in [0, 0.1) is 0 Å². The van der Waals surface area contributed by atoms with Crippen LogP contribution in [0.5, 0.6) is 5.75 Å². The lowest BCUT2D eigenvalue weighted by Crippen LogP contribution is -2.62. The van der Waals surface area contributed by atoms with Crippen molar-refractivity contribution in [2.24, 2.45) is 0 Å². The van der Waals surface area contributed by atoms with Gasteiger partial charge in [0.15, 0.2) is 0 Å². The Morgan fingerprint density at radius 3 is 2.78 bits per heavy atom. The predicted octanol–water partition coefficient (Wildman–Crippen LogP) is -0.765. The molecule has 0 saturated carbocycles. The fraction of sp³-hybridized carbons (Fsp3) is 0.400. The predicted molar refractivity (Wildman–Crippen MR) is 78.5 cm³/mol. The molecular weight excluding hydrogens is 302 g/mol. The van der Waals surface area contributed by atoms with Crippen molar-refractivity contribution in [1.29, 1.82) is 0 Å². The summed E-state index contributed by atoms with van der Waals surface area (Å²) in [6.45, 7) is -0.223. The molecule has 2 heterocycles. The van der Waals surface area contributed by atoms with Crippen molar-refractivity contribution in [3.05, 3.63) is 30.3 Å². The lowest BCUT2D eigenvalue weighted by atomic mass is 10.1. The normalized spacial score (nSPS) is 26.5. The summed E-state index contributed by atoms with van der Waals surface area (Å²) in [5, 5.41) is 14.3. The van der Waals surface area contributed by atoms with Gasteiger partial charge in [0.05, 0.1) is 12.6 Å². The fourth-order valence-corrected chi connectivity index (χ4v) is 2.88. The van der Waals surface area contributed by atoms with Crippen molar-refractivity contribution in [1.82, 2.24) is 15.5 Å². The van der Waals surface area contributed by atoms with Crippen LogP contribution in [0.3, 0.4) is 0 Å². The molecule has 2 aliphatic rings. The first-order chi connectivity index (χ1) is 11.1. The Morgan fingerprint density at radius 2 is 2.09 bits per heavy atom. The highest BCUT2D eigenvalue weighted by Gasteiger charge is 2.46. The second-order valence-corrected chi connectivity index (χ2v) is 5.53. The minimum atomic E-state index is -0.909. The zero-order chi connectivity index (χ0) is 16.4. The molecule has 0 bridgehead atoms. The summed E-state index contributed by atoms with van der Waals surface area (Å²) in [4.78, 5) is 37.3. The molecule has 2 saturated heterocycles. The third-order valence-electron chi connectivity index (χ3n) is 3.96. The van der Waals surface area contributed by atoms with Crippen molar-refractivity contribution in [3.63, 3.8) is 0 Å². The van der Waals surface area contributed by atoms with Crippen LogP contribution in [0.15, 0.2) is 30.3 Å². The molecule has 2 aliphatic heterocycles. The summed E-state index contributed by atoms with van der Waals surface area (Å²) in [6.07, 6.45) is -0.313. The summed E-state index contributed by atoms with van der Waals surface area (Å²) >= 11 is 0. The molecule has 3 atom stereocenters. The number of carbonyl (C=O) groups is 3. The van der Waals surface area contributed by atoms with Gasteiger partial charge >= 0.3 is 6.09 Å². The molecule has 0 aromatic heterocycles. The minimum Gasteiger partial charge on any atom is -0.410 e. The molecule has 0 spiro atoms. The topological polar surface area (TPSA) is 108 Å². The number of piperazine rings is 1. The summed E-state index contributed by atoms with van der Waals surface area (Å²) in [5.74, 6) is -0.239. The Hall–Kier alpha value is -2.61. The Balaban J connectivity index is 1.60. The number of hydrogen-bond donors (Lipinski definition) is 3. The number of carbonyl (C=O) groups excluding carboxylic acids is 3. The summed E-state index contributed by atoms with van der Waals surface area (Å²) in [5.41, 5.74) is 0. The van der Waals surface area contributed by atoms with E-state index in [-0.39, 0.29) is 24.4 Å². The number of nitrogens with one attached hydrogen (secondary N) is 2. The highest BCUT2D eigenvalue weighted by atomic mass is 16.6. The molecule has 2 fully saturated rings. The van der Waals surface area contributed by atoms with Gasteiger partial charge < -0.3 is 25.4 Å². The molecule has 3 rings (SSSR count). The second kappa shape index (κ2) is 6.25. The van der Waals surface area contributed by atoms with Crippen LogP contribution < -0.4 is 15.4 Å². The van der Waals surface area contributed by atoms with Gasteiger partial charge in [-0.3, -0.25) is 9.59 Å². The van der Waals surface area contributed by atoms with E-state index in [2.05, 4.69) is 10.6 Å². The highest BCUT2D eigenvalue weighted by molar-refractivity contribution is 5.97. The number of aliphatic hydroxyl groups is 1. The summed E-state index contributed by atoms with van der Waals surface area (Å²) < 4.78 is 5.13. The zero-order valence-electron chi connectivity index (χ0n) is 12.3. The number of hydrogen-bond acceptors (Lipinski definition) is 5. The third-order valence-corrected chi connectivity index (χ3v) is 3.96. The molecular formula is C15H17N3O5. The van der Waals surface area contributed by atoms with Crippen molar-refractivity contribution < 1.29 is 24.2 Å². The van der Waals surface area contributed by atoms with E-state index in [1.807, 2.05) is 6.07 Å². The van der Waals surface area contributed by atoms with E-state index in [1.165, 1.54) is 4.90 Å². The first-order valence-electron chi connectivity index (χ1n) is 7.33. The SMILES string of the molecule is O=C(N[C@H]1C[C@H]2C(=O)N[C@@H](CO)C(=O)N2C1)Oc1ccccc1. The number of ether oxygens (including phenoxy) is 1. The zero-order valence-corrected chi connectivity index (χ0v) is 12.3. The molecule has 3 N–H and O–H groups in total. The molecule has 8 heteroatoms. The van der Waals surface area contributed by atoms with E-state index in [1.54, 1.807) is 24.3 Å². The van der Waals surface area contributed by atoms with Crippen LogP contribution in [0.4, 0.5) is 4.79 Å². The number of para-hydroxylation sites is 1. The van der Waals surface area contributed by atoms with Crippen molar-refractivity contribution in [2.75, 3.05) is 13.2 Å². The number of aliphatic hydroxyl groups excluding tert-OH is 1. The first kappa shape index (κ1) is 15.3. The van der Waals surface area contributed by atoms with Gasteiger partial charge in [-0.05, 0) is 18.6 Å². The second-order valence-electron chi connectivity index (χ2n) is 5.53. The summed E-state index contributed by atoms with van der Waals surface area (Å²) in [6, 6.07) is 6.71. The molecule has 8 nitrogen and oxygen atoms in total. The van der Waals surface area contributed by atoms with Gasteiger partial charge in [0.2, 0.25) is 11.8 Å². The maximum Gasteiger partial charge on any atom is 0.412 e. The molecule has 23 heavy (non-hydrogen) atoms. The molecule has 0 aliphatic carbocycles. The highest BCUT2D eigenvalue weighted by Crippen LogP contribution is 2.22. The van der Waals surface area contributed by atoms with E-state index in [9.17, 15) is 14.4 Å². The van der Waals surface area contributed by atoms with Gasteiger partial charge in [-0.1, -0.05) is 18.2 Å². The van der Waals surface area contributed by atoms with E-state index >= 15 is 0 Å². The lowest BCUT2D eigenvalue weighted by Gasteiger charge is -2.33. The number of fused-ring (bicyclic) bond motifs is 1. The minimum absolute atomic E-state index is 0.220. The Morgan fingerprint density at radius 1 is 1.35 bits per heavy atom. The fourth-order valence-electron chi connectivity index (χ4n) is 2.88. The van der Waals surface area contributed by atoms with Crippen LogP contribution in [-0.2, 0) is 9.59 Å². The van der Waals surface area contributed by atoms with E-state index in [0.717, 1.165) is 0 Å². The van der Waals surface area contributed by atoms with Crippen LogP contribution >= 0.6 is 0 Å². The standard InChI is InChI=1S/C15H17N3O5/c19-8-11-14(21)18-7-9(6-12(18)13(20)17-11)16-15(22)23-10-4-2-1-3-5-10/h1-5,9,11-12,19H,6-8H2,(H,16,22)(H,17,20)/t9-,11-,12-/m0/s1. The van der Waals surface area contributed by atoms with E-state index in [4.69, 9.17) is 9.84 Å². The Bertz CT molecular complexity index is 621. The van der Waals surface area contributed by atoms with Gasteiger partial charge in [0.1, 0.15) is 17.8 Å². The van der Waals surface area contributed by atoms with Gasteiger partial charge in [-0.15, -0.1) is 0 Å². The Labute approximate surface area is 132 Å². The number of benzene rings is 1. The third kappa shape index (κ3) is 3.11. The monoisotopic (exact) mass is 319 g/mol. The van der Waals surface area contributed by atoms with Crippen LogP contribution in [0.2, 0.25) is 0 Å². The maximum atomic E-state index is 12.1. The van der Waals surface area contributed by atoms with Crippen LogP contribution in [0.25, 0.3) is 0 Å². The van der Waals surface area contributed by atoms with Gasteiger partial charge in [0, 0.05) is 6.54 Å². The quantitative estimate of drug-likeness (QED) is 0.678. The van der Waals surface area contributed by atoms with Crippen LogP contribution in [0.1, 0.15) is 6.42 Å².